The third-order valence-corrected chi connectivity index (χ3v) is 6.44. The molecule has 25 heavy (non-hydrogen) atoms. The Hall–Kier alpha value is -1.65. The highest BCUT2D eigenvalue weighted by atomic mass is 16.3. The maximum absolute atomic E-state index is 9.85. The van der Waals surface area contributed by atoms with Crippen LogP contribution in [0.1, 0.15) is 42.6 Å². The first kappa shape index (κ1) is 16.8. The topological polar surface area (TPSA) is 41.3 Å². The van der Waals surface area contributed by atoms with Crippen molar-refractivity contribution in [2.24, 2.45) is 11.8 Å². The molecule has 2 aliphatic rings. The molecule has 2 fully saturated rings. The van der Waals surface area contributed by atoms with Gasteiger partial charge in [-0.2, -0.15) is 5.10 Å². The third-order valence-electron chi connectivity index (χ3n) is 6.44. The highest BCUT2D eigenvalue weighted by Gasteiger charge is 2.42. The van der Waals surface area contributed by atoms with Gasteiger partial charge in [-0.05, 0) is 70.5 Å². The van der Waals surface area contributed by atoms with E-state index in [1.807, 2.05) is 6.07 Å². The van der Waals surface area contributed by atoms with Crippen molar-refractivity contribution in [1.29, 1.82) is 0 Å². The molecule has 0 radical (unpaired) electrons. The minimum atomic E-state index is -0.0464. The summed E-state index contributed by atoms with van der Waals surface area (Å²) in [7, 11) is 2.25. The molecule has 4 heteroatoms. The van der Waals surface area contributed by atoms with Gasteiger partial charge in [-0.3, -0.25) is 4.90 Å². The average molecular weight is 339 g/mol. The highest BCUT2D eigenvalue weighted by molar-refractivity contribution is 5.36. The number of aliphatic hydroxyl groups excluding tert-OH is 1. The SMILES string of the molecule is Cc1nn(-c2ccccc2)c(C)c1CN(C)C1C[C@H]2CC(O)C[C@H]2C1. The van der Waals surface area contributed by atoms with Gasteiger partial charge in [-0.25, -0.2) is 4.68 Å². The fourth-order valence-electron chi connectivity index (χ4n) is 5.02. The summed E-state index contributed by atoms with van der Waals surface area (Å²) in [6, 6.07) is 11.0. The molecule has 4 rings (SSSR count). The van der Waals surface area contributed by atoms with Gasteiger partial charge in [0.1, 0.15) is 0 Å². The minimum Gasteiger partial charge on any atom is -0.393 e. The molecule has 4 atom stereocenters. The monoisotopic (exact) mass is 339 g/mol. The van der Waals surface area contributed by atoms with Gasteiger partial charge in [0.05, 0.1) is 17.5 Å². The number of hydrogen-bond acceptors (Lipinski definition) is 3. The van der Waals surface area contributed by atoms with Gasteiger partial charge in [0.2, 0.25) is 0 Å². The number of nitrogens with zero attached hydrogens (tertiary/aromatic N) is 3. The van der Waals surface area contributed by atoms with Crippen LogP contribution in [0.4, 0.5) is 0 Å². The number of para-hydroxylation sites is 1. The molecule has 0 amide bonds. The molecule has 4 nitrogen and oxygen atoms in total. The van der Waals surface area contributed by atoms with Gasteiger partial charge in [0.25, 0.3) is 0 Å². The van der Waals surface area contributed by atoms with Crippen LogP contribution in [-0.4, -0.2) is 39.0 Å². The van der Waals surface area contributed by atoms with E-state index >= 15 is 0 Å². The van der Waals surface area contributed by atoms with Crippen molar-refractivity contribution in [1.82, 2.24) is 14.7 Å². The van der Waals surface area contributed by atoms with Crippen molar-refractivity contribution in [3.05, 3.63) is 47.3 Å². The van der Waals surface area contributed by atoms with E-state index in [0.717, 1.165) is 42.6 Å². The normalized spacial score (nSPS) is 28.7. The molecule has 0 saturated heterocycles. The van der Waals surface area contributed by atoms with E-state index in [9.17, 15) is 5.11 Å². The summed E-state index contributed by atoms with van der Waals surface area (Å²) < 4.78 is 2.07. The van der Waals surface area contributed by atoms with Crippen molar-refractivity contribution in [3.8, 4) is 5.69 Å². The Labute approximate surface area is 150 Å². The molecule has 2 unspecified atom stereocenters. The van der Waals surface area contributed by atoms with Crippen molar-refractivity contribution in [2.45, 2.75) is 58.2 Å². The van der Waals surface area contributed by atoms with E-state index in [4.69, 9.17) is 5.10 Å². The van der Waals surface area contributed by atoms with Crippen LogP contribution >= 0.6 is 0 Å². The number of hydrogen-bond donors (Lipinski definition) is 1. The quantitative estimate of drug-likeness (QED) is 0.927. The Morgan fingerprint density at radius 2 is 1.72 bits per heavy atom. The zero-order valence-electron chi connectivity index (χ0n) is 15.5. The summed E-state index contributed by atoms with van der Waals surface area (Å²) in [5, 5.41) is 14.6. The average Bonchev–Trinajstić information content (AvgIpc) is 3.22. The predicted octanol–water partition coefficient (Wildman–Crippen LogP) is 3.47. The van der Waals surface area contributed by atoms with Crippen LogP contribution in [-0.2, 0) is 6.54 Å². The standard InChI is InChI=1S/C21H29N3O/c1-14-21(15(2)24(22-14)18-7-5-4-6-8-18)13-23(3)19-9-16-11-20(25)12-17(16)10-19/h4-8,16-17,19-20,25H,9-13H2,1-3H3/t16-,17+,19?,20?. The number of rotatable bonds is 4. The Morgan fingerprint density at radius 1 is 1.08 bits per heavy atom. The minimum absolute atomic E-state index is 0.0464. The molecule has 0 spiro atoms. The van der Waals surface area contributed by atoms with Crippen LogP contribution in [0.2, 0.25) is 0 Å². The molecule has 134 valence electrons. The summed E-state index contributed by atoms with van der Waals surface area (Å²) in [5.74, 6) is 1.47. The summed E-state index contributed by atoms with van der Waals surface area (Å²) >= 11 is 0. The molecule has 2 aliphatic carbocycles. The lowest BCUT2D eigenvalue weighted by atomic mass is 10.0. The Bertz CT molecular complexity index is 725. The molecule has 2 saturated carbocycles. The zero-order valence-corrected chi connectivity index (χ0v) is 15.5. The number of aromatic nitrogens is 2. The van der Waals surface area contributed by atoms with E-state index < -0.39 is 0 Å². The Balaban J connectivity index is 1.49. The van der Waals surface area contributed by atoms with Crippen LogP contribution in [0.15, 0.2) is 30.3 Å². The van der Waals surface area contributed by atoms with Gasteiger partial charge in [-0.15, -0.1) is 0 Å². The zero-order chi connectivity index (χ0) is 17.6. The Morgan fingerprint density at radius 3 is 2.36 bits per heavy atom. The van der Waals surface area contributed by atoms with Crippen molar-refractivity contribution < 1.29 is 5.11 Å². The van der Waals surface area contributed by atoms with Crippen LogP contribution in [0.3, 0.4) is 0 Å². The molecule has 1 heterocycles. The van der Waals surface area contributed by atoms with Gasteiger partial charge >= 0.3 is 0 Å². The maximum atomic E-state index is 9.85. The molecule has 1 N–H and O–H groups in total. The van der Waals surface area contributed by atoms with Gasteiger partial charge < -0.3 is 5.11 Å². The molecular formula is C21H29N3O. The smallest absolute Gasteiger partial charge is 0.0648 e. The molecule has 1 aromatic heterocycles. The number of fused-ring (bicyclic) bond motifs is 1. The van der Waals surface area contributed by atoms with E-state index in [1.165, 1.54) is 24.1 Å². The lowest BCUT2D eigenvalue weighted by molar-refractivity contribution is 0.158. The van der Waals surface area contributed by atoms with Crippen molar-refractivity contribution in [3.63, 3.8) is 0 Å². The first-order chi connectivity index (χ1) is 12.0. The number of aliphatic hydroxyl groups is 1. The molecule has 0 aliphatic heterocycles. The van der Waals surface area contributed by atoms with Crippen molar-refractivity contribution >= 4 is 0 Å². The second-order valence-corrected chi connectivity index (χ2v) is 8.08. The van der Waals surface area contributed by atoms with E-state index in [1.54, 1.807) is 0 Å². The number of benzene rings is 1. The second-order valence-electron chi connectivity index (χ2n) is 8.08. The largest absolute Gasteiger partial charge is 0.393 e. The summed E-state index contributed by atoms with van der Waals surface area (Å²) in [4.78, 5) is 2.51. The van der Waals surface area contributed by atoms with Crippen LogP contribution < -0.4 is 0 Å². The molecule has 0 bridgehead atoms. The van der Waals surface area contributed by atoms with E-state index in [0.29, 0.717) is 6.04 Å². The molecule has 2 aromatic rings. The Kier molecular flexibility index (Phi) is 4.42. The fourth-order valence-corrected chi connectivity index (χ4v) is 5.02. The second kappa shape index (κ2) is 6.58. The fraction of sp³-hybridized carbons (Fsp3) is 0.571. The predicted molar refractivity (Wildman–Crippen MR) is 99.7 cm³/mol. The first-order valence-corrected chi connectivity index (χ1v) is 9.51. The molecular weight excluding hydrogens is 310 g/mol. The van der Waals surface area contributed by atoms with Gasteiger partial charge in [-0.1, -0.05) is 18.2 Å². The van der Waals surface area contributed by atoms with E-state index in [2.05, 4.69) is 54.7 Å². The summed E-state index contributed by atoms with van der Waals surface area (Å²) in [6.07, 6.45) is 4.46. The van der Waals surface area contributed by atoms with Crippen LogP contribution in [0.5, 0.6) is 0 Å². The highest BCUT2D eigenvalue weighted by Crippen LogP contribution is 2.45. The van der Waals surface area contributed by atoms with Crippen LogP contribution in [0, 0.1) is 25.7 Å². The molecule has 1 aromatic carbocycles. The van der Waals surface area contributed by atoms with Gasteiger partial charge in [0, 0.05) is 23.8 Å². The van der Waals surface area contributed by atoms with Gasteiger partial charge in [0.15, 0.2) is 0 Å². The number of aryl methyl sites for hydroxylation is 1. The lowest BCUT2D eigenvalue weighted by Crippen LogP contribution is -2.30. The third kappa shape index (κ3) is 3.13. The van der Waals surface area contributed by atoms with E-state index in [-0.39, 0.29) is 6.10 Å². The summed E-state index contributed by atoms with van der Waals surface area (Å²) in [5.41, 5.74) is 4.84. The first-order valence-electron chi connectivity index (χ1n) is 9.51. The lowest BCUT2D eigenvalue weighted by Gasteiger charge is -2.25. The summed E-state index contributed by atoms with van der Waals surface area (Å²) in [6.45, 7) is 5.25. The van der Waals surface area contributed by atoms with Crippen molar-refractivity contribution in [2.75, 3.05) is 7.05 Å². The van der Waals surface area contributed by atoms with Crippen LogP contribution in [0.25, 0.3) is 5.69 Å². The maximum Gasteiger partial charge on any atom is 0.0648 e.